The molecule has 0 spiro atoms. The minimum Gasteiger partial charge on any atom is -0.495 e. The van der Waals surface area contributed by atoms with Crippen LogP contribution < -0.4 is 20.3 Å². The summed E-state index contributed by atoms with van der Waals surface area (Å²) in [5.41, 5.74) is 1.80. The van der Waals surface area contributed by atoms with Crippen LogP contribution in [-0.4, -0.2) is 31.4 Å². The number of ether oxygens (including phenoxy) is 1. The summed E-state index contributed by atoms with van der Waals surface area (Å²) in [5.74, 6) is 0.0294. The number of benzene rings is 2. The highest BCUT2D eigenvalue weighted by atomic mass is 35.5. The number of rotatable bonds is 8. The van der Waals surface area contributed by atoms with Gasteiger partial charge in [-0.15, -0.1) is 0 Å². The Bertz CT molecular complexity index is 1200. The number of carbonyl (C=O) groups excluding carboxylic acids is 3. The maximum Gasteiger partial charge on any atom is 0.251 e. The van der Waals surface area contributed by atoms with Crippen LogP contribution in [0.1, 0.15) is 28.1 Å². The van der Waals surface area contributed by atoms with Gasteiger partial charge in [0.05, 0.1) is 31.5 Å². The molecule has 2 heterocycles. The topological polar surface area (TPSA) is 101 Å². The molecule has 1 unspecified atom stereocenters. The van der Waals surface area contributed by atoms with Crippen LogP contribution in [0.2, 0.25) is 5.02 Å². The van der Waals surface area contributed by atoms with Gasteiger partial charge in [0, 0.05) is 30.1 Å². The van der Waals surface area contributed by atoms with Gasteiger partial charge in [0.2, 0.25) is 11.8 Å². The monoisotopic (exact) mass is 481 g/mol. The lowest BCUT2D eigenvalue weighted by Gasteiger charge is -2.20. The minimum absolute atomic E-state index is 0.0940. The number of furan rings is 1. The summed E-state index contributed by atoms with van der Waals surface area (Å²) in [5, 5.41) is 6.14. The van der Waals surface area contributed by atoms with Crippen LogP contribution in [0.5, 0.6) is 5.75 Å². The number of hydrogen-bond acceptors (Lipinski definition) is 5. The first-order valence-electron chi connectivity index (χ1n) is 10.8. The number of anilines is 1. The highest BCUT2D eigenvalue weighted by Crippen LogP contribution is 2.35. The lowest BCUT2D eigenvalue weighted by atomic mass is 10.1. The molecule has 1 aliphatic rings. The molecule has 176 valence electrons. The normalized spacial score (nSPS) is 15.3. The number of methoxy groups -OCH3 is 1. The number of nitrogens with zero attached hydrogens (tertiary/aromatic N) is 1. The molecule has 2 aromatic carbocycles. The van der Waals surface area contributed by atoms with Crippen molar-refractivity contribution in [2.45, 2.75) is 19.5 Å². The zero-order chi connectivity index (χ0) is 24.1. The first-order valence-corrected chi connectivity index (χ1v) is 11.1. The van der Waals surface area contributed by atoms with E-state index in [1.54, 1.807) is 54.8 Å². The first-order chi connectivity index (χ1) is 16.4. The molecule has 0 aliphatic carbocycles. The lowest BCUT2D eigenvalue weighted by Crippen LogP contribution is -2.32. The second-order valence-corrected chi connectivity index (χ2v) is 8.34. The third-order valence-corrected chi connectivity index (χ3v) is 5.82. The molecule has 3 amide bonds. The van der Waals surface area contributed by atoms with E-state index in [-0.39, 0.29) is 43.8 Å². The molecule has 0 saturated carbocycles. The highest BCUT2D eigenvalue weighted by Gasteiger charge is 2.36. The van der Waals surface area contributed by atoms with E-state index in [2.05, 4.69) is 10.6 Å². The molecule has 4 rings (SSSR count). The summed E-state index contributed by atoms with van der Waals surface area (Å²) in [7, 11) is 1.52. The quantitative estimate of drug-likeness (QED) is 0.512. The Morgan fingerprint density at radius 3 is 2.74 bits per heavy atom. The molecule has 1 saturated heterocycles. The van der Waals surface area contributed by atoms with E-state index in [0.717, 1.165) is 5.56 Å². The summed E-state index contributed by atoms with van der Waals surface area (Å²) in [6, 6.07) is 15.6. The van der Waals surface area contributed by atoms with E-state index in [1.807, 2.05) is 6.07 Å². The van der Waals surface area contributed by atoms with Crippen molar-refractivity contribution >= 4 is 35.0 Å². The van der Waals surface area contributed by atoms with Crippen molar-refractivity contribution < 1.29 is 23.5 Å². The lowest BCUT2D eigenvalue weighted by molar-refractivity contribution is -0.126. The molecule has 1 fully saturated rings. The predicted octanol–water partition coefficient (Wildman–Crippen LogP) is 3.54. The fraction of sp³-hybridized carbons (Fsp3) is 0.240. The molecule has 0 radical (unpaired) electrons. The molecule has 8 nitrogen and oxygen atoms in total. The van der Waals surface area contributed by atoms with Crippen molar-refractivity contribution in [1.29, 1.82) is 0 Å². The maximum atomic E-state index is 12.8. The zero-order valence-corrected chi connectivity index (χ0v) is 19.3. The Labute approximate surface area is 201 Å². The van der Waals surface area contributed by atoms with Gasteiger partial charge < -0.3 is 24.7 Å². The van der Waals surface area contributed by atoms with Crippen LogP contribution in [0.15, 0.2) is 65.3 Å². The van der Waals surface area contributed by atoms with Crippen LogP contribution >= 0.6 is 11.6 Å². The molecule has 1 aromatic heterocycles. The Morgan fingerprint density at radius 1 is 1.12 bits per heavy atom. The molecule has 9 heteroatoms. The molecule has 1 atom stereocenters. The Morgan fingerprint density at radius 2 is 1.97 bits per heavy atom. The van der Waals surface area contributed by atoms with E-state index in [0.29, 0.717) is 27.8 Å². The second kappa shape index (κ2) is 10.4. The van der Waals surface area contributed by atoms with E-state index in [4.69, 9.17) is 20.8 Å². The van der Waals surface area contributed by atoms with Gasteiger partial charge in [-0.1, -0.05) is 23.7 Å². The van der Waals surface area contributed by atoms with Gasteiger partial charge in [-0.2, -0.15) is 0 Å². The van der Waals surface area contributed by atoms with E-state index in [1.165, 1.54) is 12.0 Å². The van der Waals surface area contributed by atoms with E-state index >= 15 is 0 Å². The summed E-state index contributed by atoms with van der Waals surface area (Å²) in [6.07, 6.45) is 1.64. The van der Waals surface area contributed by atoms with Crippen LogP contribution in [0, 0.1) is 5.92 Å². The van der Waals surface area contributed by atoms with Gasteiger partial charge in [0.15, 0.2) is 0 Å². The number of carbonyl (C=O) groups is 3. The molecule has 2 N–H and O–H groups in total. The average molecular weight is 482 g/mol. The van der Waals surface area contributed by atoms with Gasteiger partial charge in [0.1, 0.15) is 11.5 Å². The fourth-order valence-electron chi connectivity index (χ4n) is 3.83. The smallest absolute Gasteiger partial charge is 0.251 e. The Hall–Kier alpha value is -3.78. The summed E-state index contributed by atoms with van der Waals surface area (Å²) in [6.45, 7) is 0.760. The zero-order valence-electron chi connectivity index (χ0n) is 18.5. The third-order valence-electron chi connectivity index (χ3n) is 5.59. The van der Waals surface area contributed by atoms with Crippen molar-refractivity contribution in [3.8, 4) is 5.75 Å². The molecular weight excluding hydrogens is 458 g/mol. The van der Waals surface area contributed by atoms with Crippen molar-refractivity contribution in [2.24, 2.45) is 5.92 Å². The second-order valence-electron chi connectivity index (χ2n) is 7.90. The van der Waals surface area contributed by atoms with Crippen molar-refractivity contribution in [3.05, 3.63) is 82.8 Å². The van der Waals surface area contributed by atoms with Gasteiger partial charge in [-0.3, -0.25) is 14.4 Å². The van der Waals surface area contributed by atoms with Crippen LogP contribution in [-0.2, 0) is 22.7 Å². The molecular formula is C25H24ClN3O5. The standard InChI is InChI=1S/C25H24ClN3O5/c1-33-22-8-7-19(26)12-21(22)29-15-18(11-23(29)30)25(32)27-13-16-4-2-5-17(10-16)24(31)28-14-20-6-3-9-34-20/h2-10,12,18H,11,13-15H2,1H3,(H,27,32)(H,28,31). The summed E-state index contributed by atoms with van der Waals surface area (Å²) >= 11 is 6.09. The number of hydrogen-bond donors (Lipinski definition) is 2. The van der Waals surface area contributed by atoms with Crippen LogP contribution in [0.4, 0.5) is 5.69 Å². The third kappa shape index (κ3) is 5.40. The molecule has 34 heavy (non-hydrogen) atoms. The largest absolute Gasteiger partial charge is 0.495 e. The van der Waals surface area contributed by atoms with Gasteiger partial charge in [-0.25, -0.2) is 0 Å². The SMILES string of the molecule is COc1ccc(Cl)cc1N1CC(C(=O)NCc2cccc(C(=O)NCc3ccco3)c2)CC1=O. The molecule has 1 aliphatic heterocycles. The number of amides is 3. The van der Waals surface area contributed by atoms with Crippen molar-refractivity contribution in [3.63, 3.8) is 0 Å². The number of halogens is 1. The van der Waals surface area contributed by atoms with Crippen molar-refractivity contribution in [1.82, 2.24) is 10.6 Å². The summed E-state index contributed by atoms with van der Waals surface area (Å²) < 4.78 is 10.6. The van der Waals surface area contributed by atoms with Gasteiger partial charge in [-0.05, 0) is 48.0 Å². The van der Waals surface area contributed by atoms with Gasteiger partial charge >= 0.3 is 0 Å². The van der Waals surface area contributed by atoms with E-state index < -0.39 is 5.92 Å². The summed E-state index contributed by atoms with van der Waals surface area (Å²) in [4.78, 5) is 39.3. The van der Waals surface area contributed by atoms with Crippen molar-refractivity contribution in [2.75, 3.05) is 18.6 Å². The van der Waals surface area contributed by atoms with Gasteiger partial charge in [0.25, 0.3) is 5.91 Å². The minimum atomic E-state index is -0.504. The van der Waals surface area contributed by atoms with Crippen LogP contribution in [0.25, 0.3) is 0 Å². The van der Waals surface area contributed by atoms with Crippen LogP contribution in [0.3, 0.4) is 0 Å². The molecule has 3 aromatic rings. The Balaban J connectivity index is 1.34. The fourth-order valence-corrected chi connectivity index (χ4v) is 4.00. The maximum absolute atomic E-state index is 12.8. The molecule has 0 bridgehead atoms. The predicted molar refractivity (Wildman–Crippen MR) is 127 cm³/mol. The Kier molecular flexibility index (Phi) is 7.18. The highest BCUT2D eigenvalue weighted by molar-refractivity contribution is 6.31. The van der Waals surface area contributed by atoms with E-state index in [9.17, 15) is 14.4 Å². The average Bonchev–Trinajstić information content (AvgIpc) is 3.51. The first kappa shape index (κ1) is 23.4. The number of nitrogens with one attached hydrogen (secondary N) is 2.